The Bertz CT molecular complexity index is 359. The highest BCUT2D eigenvalue weighted by atomic mass is 16.5. The number of nitrogens with zero attached hydrogens (tertiary/aromatic N) is 2. The lowest BCUT2D eigenvalue weighted by atomic mass is 10.2. The van der Waals surface area contributed by atoms with Crippen LogP contribution in [0.2, 0.25) is 0 Å². The Labute approximate surface area is 88.5 Å². The van der Waals surface area contributed by atoms with Crippen LogP contribution in [0.1, 0.15) is 5.56 Å². The van der Waals surface area contributed by atoms with Crippen molar-refractivity contribution in [2.75, 3.05) is 7.11 Å². The zero-order chi connectivity index (χ0) is 11.1. The number of hydrogen-bond donors (Lipinski definition) is 2. The van der Waals surface area contributed by atoms with Crippen molar-refractivity contribution in [1.82, 2.24) is 0 Å². The standard InChI is InChI=1S/C10H14N4O/c1-15-10(12)14-9(11)13-7-8-5-3-2-4-6-8/h2-6H,7H2,1H3,(H4,11,12,13,14). The number of nitrogens with two attached hydrogens (primary N) is 2. The van der Waals surface area contributed by atoms with Crippen LogP contribution in [0.3, 0.4) is 0 Å². The quantitative estimate of drug-likeness (QED) is 0.544. The van der Waals surface area contributed by atoms with Crippen molar-refractivity contribution < 1.29 is 4.74 Å². The average Bonchev–Trinajstić information content (AvgIpc) is 2.27. The van der Waals surface area contributed by atoms with Crippen molar-refractivity contribution in [2.24, 2.45) is 21.5 Å². The van der Waals surface area contributed by atoms with Crippen LogP contribution >= 0.6 is 0 Å². The lowest BCUT2D eigenvalue weighted by molar-refractivity contribution is 0.397. The van der Waals surface area contributed by atoms with Crippen molar-refractivity contribution in [3.8, 4) is 0 Å². The molecule has 1 rings (SSSR count). The van der Waals surface area contributed by atoms with Crippen molar-refractivity contribution in [2.45, 2.75) is 6.54 Å². The van der Waals surface area contributed by atoms with E-state index in [4.69, 9.17) is 11.5 Å². The van der Waals surface area contributed by atoms with Gasteiger partial charge in [0.25, 0.3) is 6.02 Å². The van der Waals surface area contributed by atoms with Crippen LogP contribution in [0.15, 0.2) is 40.3 Å². The Balaban J connectivity index is 2.58. The highest BCUT2D eigenvalue weighted by Gasteiger charge is 1.93. The van der Waals surface area contributed by atoms with E-state index in [9.17, 15) is 0 Å². The van der Waals surface area contributed by atoms with Gasteiger partial charge in [0.1, 0.15) is 0 Å². The number of aliphatic imine (C=N–C) groups is 2. The van der Waals surface area contributed by atoms with Crippen molar-refractivity contribution >= 4 is 12.0 Å². The molecule has 0 aromatic heterocycles. The normalized spacial score (nSPS) is 12.6. The molecule has 0 saturated carbocycles. The van der Waals surface area contributed by atoms with Gasteiger partial charge in [0.05, 0.1) is 13.7 Å². The zero-order valence-corrected chi connectivity index (χ0v) is 8.55. The lowest BCUT2D eigenvalue weighted by Crippen LogP contribution is -2.20. The molecule has 0 heterocycles. The summed E-state index contributed by atoms with van der Waals surface area (Å²) >= 11 is 0. The van der Waals surface area contributed by atoms with Crippen molar-refractivity contribution in [1.29, 1.82) is 0 Å². The Kier molecular flexibility index (Phi) is 4.15. The van der Waals surface area contributed by atoms with E-state index >= 15 is 0 Å². The van der Waals surface area contributed by atoms with E-state index in [-0.39, 0.29) is 12.0 Å². The fraction of sp³-hybridized carbons (Fsp3) is 0.200. The molecule has 15 heavy (non-hydrogen) atoms. The minimum Gasteiger partial charge on any atom is -0.468 e. The first kappa shape index (κ1) is 11.0. The van der Waals surface area contributed by atoms with E-state index in [0.717, 1.165) is 5.56 Å². The minimum atomic E-state index is 0.00399. The maximum atomic E-state index is 5.50. The molecule has 5 heteroatoms. The summed E-state index contributed by atoms with van der Waals surface area (Å²) in [6.45, 7) is 0.479. The molecule has 1 aromatic carbocycles. The van der Waals surface area contributed by atoms with Gasteiger partial charge >= 0.3 is 0 Å². The summed E-state index contributed by atoms with van der Waals surface area (Å²) < 4.78 is 4.64. The molecule has 0 aliphatic carbocycles. The number of benzene rings is 1. The van der Waals surface area contributed by atoms with E-state index in [1.165, 1.54) is 7.11 Å². The number of amidine groups is 1. The molecule has 0 amide bonds. The fourth-order valence-electron chi connectivity index (χ4n) is 0.950. The predicted molar refractivity (Wildman–Crippen MR) is 60.4 cm³/mol. The van der Waals surface area contributed by atoms with E-state index in [2.05, 4.69) is 14.7 Å². The summed E-state index contributed by atoms with van der Waals surface area (Å²) in [6.07, 6.45) is 0. The van der Waals surface area contributed by atoms with Gasteiger partial charge in [-0.2, -0.15) is 4.99 Å². The predicted octanol–water partition coefficient (Wildman–Crippen LogP) is 0.462. The molecule has 0 fully saturated rings. The molecule has 0 aliphatic heterocycles. The fourth-order valence-corrected chi connectivity index (χ4v) is 0.950. The highest BCUT2D eigenvalue weighted by Crippen LogP contribution is 1.99. The summed E-state index contributed by atoms with van der Waals surface area (Å²) in [5.41, 5.74) is 11.9. The zero-order valence-electron chi connectivity index (χ0n) is 8.55. The average molecular weight is 206 g/mol. The summed E-state index contributed by atoms with van der Waals surface area (Å²) in [6, 6.07) is 9.74. The molecule has 0 unspecified atom stereocenters. The minimum absolute atomic E-state index is 0.00399. The summed E-state index contributed by atoms with van der Waals surface area (Å²) in [7, 11) is 1.42. The SMILES string of the molecule is CO/C(N)=N/C(N)=NCc1ccccc1. The van der Waals surface area contributed by atoms with Gasteiger partial charge < -0.3 is 16.2 Å². The molecule has 0 spiro atoms. The third-order valence-corrected chi connectivity index (χ3v) is 1.70. The number of methoxy groups -OCH3 is 1. The topological polar surface area (TPSA) is 86.0 Å². The molecule has 0 atom stereocenters. The van der Waals surface area contributed by atoms with Gasteiger partial charge in [-0.05, 0) is 5.56 Å². The largest absolute Gasteiger partial charge is 0.468 e. The van der Waals surface area contributed by atoms with Gasteiger partial charge in [0.2, 0.25) is 5.96 Å². The van der Waals surface area contributed by atoms with Gasteiger partial charge in [-0.1, -0.05) is 30.3 Å². The first-order valence-corrected chi connectivity index (χ1v) is 4.44. The Morgan fingerprint density at radius 3 is 2.53 bits per heavy atom. The van der Waals surface area contributed by atoms with Crippen molar-refractivity contribution in [3.63, 3.8) is 0 Å². The third kappa shape index (κ3) is 4.12. The summed E-state index contributed by atoms with van der Waals surface area (Å²) in [5.74, 6) is 0.109. The monoisotopic (exact) mass is 206 g/mol. The van der Waals surface area contributed by atoms with Crippen LogP contribution in [0.25, 0.3) is 0 Å². The second-order valence-electron chi connectivity index (χ2n) is 2.81. The number of guanidine groups is 1. The van der Waals surface area contributed by atoms with Crippen LogP contribution in [-0.4, -0.2) is 19.1 Å². The molecule has 0 saturated heterocycles. The molecular weight excluding hydrogens is 192 g/mol. The number of rotatable bonds is 2. The Morgan fingerprint density at radius 2 is 1.93 bits per heavy atom. The Morgan fingerprint density at radius 1 is 1.27 bits per heavy atom. The van der Waals surface area contributed by atoms with Gasteiger partial charge in [-0.25, -0.2) is 4.99 Å². The number of ether oxygens (including phenoxy) is 1. The van der Waals surface area contributed by atoms with E-state index in [1.807, 2.05) is 30.3 Å². The van der Waals surface area contributed by atoms with E-state index < -0.39 is 0 Å². The Hall–Kier alpha value is -2.04. The van der Waals surface area contributed by atoms with Crippen LogP contribution in [-0.2, 0) is 11.3 Å². The second-order valence-corrected chi connectivity index (χ2v) is 2.81. The first-order valence-electron chi connectivity index (χ1n) is 4.44. The smallest absolute Gasteiger partial charge is 0.289 e. The maximum absolute atomic E-state index is 5.50. The molecule has 80 valence electrons. The molecule has 0 radical (unpaired) electrons. The third-order valence-electron chi connectivity index (χ3n) is 1.70. The summed E-state index contributed by atoms with van der Waals surface area (Å²) in [5, 5.41) is 0. The van der Waals surface area contributed by atoms with Crippen molar-refractivity contribution in [3.05, 3.63) is 35.9 Å². The molecule has 5 nitrogen and oxygen atoms in total. The lowest BCUT2D eigenvalue weighted by Gasteiger charge is -1.98. The van der Waals surface area contributed by atoms with Gasteiger partial charge in [0.15, 0.2) is 0 Å². The van der Waals surface area contributed by atoms with Crippen LogP contribution in [0.5, 0.6) is 0 Å². The highest BCUT2D eigenvalue weighted by molar-refractivity contribution is 5.90. The summed E-state index contributed by atoms with van der Waals surface area (Å²) in [4.78, 5) is 7.74. The second kappa shape index (κ2) is 5.64. The van der Waals surface area contributed by atoms with Gasteiger partial charge in [-0.15, -0.1) is 0 Å². The van der Waals surface area contributed by atoms with Gasteiger partial charge in [0, 0.05) is 0 Å². The van der Waals surface area contributed by atoms with E-state index in [0.29, 0.717) is 6.54 Å². The van der Waals surface area contributed by atoms with Gasteiger partial charge in [-0.3, -0.25) is 0 Å². The van der Waals surface area contributed by atoms with Crippen LogP contribution in [0.4, 0.5) is 0 Å². The molecule has 0 aliphatic rings. The molecular formula is C10H14N4O. The van der Waals surface area contributed by atoms with Crippen LogP contribution in [0, 0.1) is 0 Å². The van der Waals surface area contributed by atoms with E-state index in [1.54, 1.807) is 0 Å². The molecule has 1 aromatic rings. The maximum Gasteiger partial charge on any atom is 0.289 e. The first-order chi connectivity index (χ1) is 7.22. The molecule has 0 bridgehead atoms. The van der Waals surface area contributed by atoms with Crippen LogP contribution < -0.4 is 11.5 Å². The molecule has 4 N–H and O–H groups in total. The number of hydrogen-bond acceptors (Lipinski definition) is 2.